The number of hydrogen-bond acceptors (Lipinski definition) is 7. The molecule has 25 heavy (non-hydrogen) atoms. The van der Waals surface area contributed by atoms with Crippen LogP contribution in [0.25, 0.3) is 0 Å². The molecule has 1 saturated heterocycles. The molecule has 0 spiro atoms. The summed E-state index contributed by atoms with van der Waals surface area (Å²) < 4.78 is 5.28. The molecule has 0 atom stereocenters. The molecule has 0 radical (unpaired) electrons. The fourth-order valence-corrected chi connectivity index (χ4v) is 2.63. The molecule has 1 aliphatic heterocycles. The molecule has 1 aliphatic rings. The number of esters is 1. The van der Waals surface area contributed by atoms with Crippen LogP contribution in [0.2, 0.25) is 0 Å². The lowest BCUT2D eigenvalue weighted by atomic mass is 10.0. The smallest absolute Gasteiger partial charge is 0.342 e. The summed E-state index contributed by atoms with van der Waals surface area (Å²) >= 11 is 0. The Hall–Kier alpha value is -1.73. The maximum Gasteiger partial charge on any atom is 0.342 e. The van der Waals surface area contributed by atoms with Gasteiger partial charge < -0.3 is 31.5 Å². The summed E-state index contributed by atoms with van der Waals surface area (Å²) in [6, 6.07) is 0.327. The van der Waals surface area contributed by atoms with Crippen LogP contribution < -0.4 is 16.8 Å². The van der Waals surface area contributed by atoms with E-state index in [2.05, 4.69) is 5.32 Å². The first kappa shape index (κ1) is 21.3. The first-order valence-corrected chi connectivity index (χ1v) is 8.85. The molecular weight excluding hydrogens is 320 g/mol. The summed E-state index contributed by atoms with van der Waals surface area (Å²) in [4.78, 5) is 14.3. The van der Waals surface area contributed by atoms with Gasteiger partial charge >= 0.3 is 5.97 Å². The molecule has 0 aromatic heterocycles. The van der Waals surface area contributed by atoms with Gasteiger partial charge in [-0.15, -0.1) is 0 Å². The number of rotatable bonds is 7. The highest BCUT2D eigenvalue weighted by atomic mass is 16.5. The number of allylic oxidation sites excluding steroid dienone is 1. The third-order valence-corrected chi connectivity index (χ3v) is 3.87. The molecule has 0 amide bonds. The fourth-order valence-electron chi connectivity index (χ4n) is 2.63. The Morgan fingerprint density at radius 1 is 1.36 bits per heavy atom. The molecule has 7 heteroatoms. The van der Waals surface area contributed by atoms with Crippen LogP contribution in [-0.2, 0) is 9.53 Å². The van der Waals surface area contributed by atoms with Crippen molar-refractivity contribution in [3.8, 4) is 0 Å². The van der Waals surface area contributed by atoms with Crippen molar-refractivity contribution >= 4 is 5.97 Å². The van der Waals surface area contributed by atoms with Crippen LogP contribution in [0, 0.1) is 0 Å². The molecular formula is C18H34N4O3. The minimum atomic E-state index is -0.729. The van der Waals surface area contributed by atoms with E-state index in [0.717, 1.165) is 25.9 Å². The van der Waals surface area contributed by atoms with Gasteiger partial charge in [0.25, 0.3) is 0 Å². The van der Waals surface area contributed by atoms with Gasteiger partial charge in [-0.25, -0.2) is 4.79 Å². The van der Waals surface area contributed by atoms with Gasteiger partial charge in [-0.1, -0.05) is 0 Å². The van der Waals surface area contributed by atoms with Crippen molar-refractivity contribution < 1.29 is 14.6 Å². The Morgan fingerprint density at radius 3 is 2.36 bits per heavy atom. The number of piperidine rings is 1. The zero-order valence-corrected chi connectivity index (χ0v) is 16.1. The number of nitrogens with zero attached hydrogens (tertiary/aromatic N) is 1. The Balaban J connectivity index is 2.78. The second-order valence-corrected chi connectivity index (χ2v) is 7.60. The van der Waals surface area contributed by atoms with Gasteiger partial charge in [-0.2, -0.15) is 0 Å². The predicted molar refractivity (Wildman–Crippen MR) is 99.3 cm³/mol. The van der Waals surface area contributed by atoms with E-state index in [4.69, 9.17) is 16.2 Å². The Labute approximate surface area is 151 Å². The van der Waals surface area contributed by atoms with Crippen LogP contribution in [0.15, 0.2) is 23.2 Å². The molecule has 6 N–H and O–H groups in total. The van der Waals surface area contributed by atoms with E-state index in [1.807, 2.05) is 4.90 Å². The van der Waals surface area contributed by atoms with Crippen LogP contribution in [0.3, 0.4) is 0 Å². The van der Waals surface area contributed by atoms with E-state index in [9.17, 15) is 9.90 Å². The number of carbonyl (C=O) groups excluding carboxylic acids is 1. The highest BCUT2D eigenvalue weighted by Gasteiger charge is 2.25. The molecule has 144 valence electrons. The van der Waals surface area contributed by atoms with E-state index in [0.29, 0.717) is 29.7 Å². The lowest BCUT2D eigenvalue weighted by Gasteiger charge is -2.35. The van der Waals surface area contributed by atoms with Gasteiger partial charge in [0.2, 0.25) is 0 Å². The molecule has 0 aromatic rings. The number of nitrogens with one attached hydrogen (secondary N) is 1. The number of hydrogen-bond donors (Lipinski definition) is 4. The van der Waals surface area contributed by atoms with Gasteiger partial charge in [0, 0.05) is 31.4 Å². The summed E-state index contributed by atoms with van der Waals surface area (Å²) in [7, 11) is 0. The van der Waals surface area contributed by atoms with Gasteiger partial charge in [-0.3, -0.25) is 0 Å². The quantitative estimate of drug-likeness (QED) is 0.304. The Bertz CT molecular complexity index is 509. The zero-order chi connectivity index (χ0) is 19.2. The van der Waals surface area contributed by atoms with Crippen molar-refractivity contribution in [2.45, 2.75) is 65.2 Å². The second kappa shape index (κ2) is 9.10. The molecule has 7 nitrogen and oxygen atoms in total. The van der Waals surface area contributed by atoms with Crippen molar-refractivity contribution in [1.82, 2.24) is 10.2 Å². The first-order chi connectivity index (χ1) is 11.5. The van der Waals surface area contributed by atoms with Crippen molar-refractivity contribution in [3.05, 3.63) is 23.2 Å². The van der Waals surface area contributed by atoms with E-state index in [1.54, 1.807) is 40.7 Å². The molecule has 0 saturated carbocycles. The van der Waals surface area contributed by atoms with Crippen molar-refractivity contribution in [1.29, 1.82) is 0 Å². The number of nitrogens with two attached hydrogens (primary N) is 2. The minimum Gasteiger partial charge on any atom is -0.459 e. The van der Waals surface area contributed by atoms with Gasteiger partial charge in [0.05, 0.1) is 11.7 Å². The summed E-state index contributed by atoms with van der Waals surface area (Å²) in [5, 5.41) is 13.2. The van der Waals surface area contributed by atoms with E-state index in [1.165, 1.54) is 0 Å². The number of ether oxygens (including phenoxy) is 1. The average Bonchev–Trinajstić information content (AvgIpc) is 2.49. The highest BCUT2D eigenvalue weighted by Crippen LogP contribution is 2.18. The van der Waals surface area contributed by atoms with Crippen molar-refractivity contribution in [2.24, 2.45) is 11.5 Å². The Kier molecular flexibility index (Phi) is 7.76. The lowest BCUT2D eigenvalue weighted by molar-refractivity contribution is -0.142. The normalized spacial score (nSPS) is 18.4. The largest absolute Gasteiger partial charge is 0.459 e. The van der Waals surface area contributed by atoms with E-state index >= 15 is 0 Å². The van der Waals surface area contributed by atoms with Crippen LogP contribution in [0.5, 0.6) is 0 Å². The standard InChI is InChI=1S/C18H34N4O3/c1-12(2)25-17(23)15(10-13(3)19)16(20)22-8-6-14(7-9-22)21-11-18(4,5)24/h10,12,14,21,24H,6-9,11,19-20H2,1-5H3/b13-10-,16-15-. The third-order valence-electron chi connectivity index (χ3n) is 3.87. The molecule has 0 unspecified atom stereocenters. The average molecular weight is 354 g/mol. The summed E-state index contributed by atoms with van der Waals surface area (Å²) in [5.41, 5.74) is 12.1. The molecule has 1 fully saturated rings. The topological polar surface area (TPSA) is 114 Å². The molecule has 0 bridgehead atoms. The lowest BCUT2D eigenvalue weighted by Crippen LogP contribution is -2.47. The SMILES string of the molecule is C/C(N)=C/C(C(=O)OC(C)C)=C(\N)N1CCC(NCC(C)(C)O)CC1. The molecule has 1 rings (SSSR count). The molecule has 0 aliphatic carbocycles. The van der Waals surface area contributed by atoms with Crippen LogP contribution in [0.1, 0.15) is 47.5 Å². The van der Waals surface area contributed by atoms with Gasteiger partial charge in [0.15, 0.2) is 0 Å². The van der Waals surface area contributed by atoms with E-state index < -0.39 is 11.6 Å². The first-order valence-electron chi connectivity index (χ1n) is 8.85. The van der Waals surface area contributed by atoms with E-state index in [-0.39, 0.29) is 6.10 Å². The summed E-state index contributed by atoms with van der Waals surface area (Å²) in [6.07, 6.45) is 3.11. The van der Waals surface area contributed by atoms with Gasteiger partial charge in [0.1, 0.15) is 11.4 Å². The van der Waals surface area contributed by atoms with Crippen LogP contribution >= 0.6 is 0 Å². The maximum atomic E-state index is 12.3. The number of carbonyl (C=O) groups is 1. The van der Waals surface area contributed by atoms with Crippen molar-refractivity contribution in [2.75, 3.05) is 19.6 Å². The highest BCUT2D eigenvalue weighted by molar-refractivity contribution is 5.92. The van der Waals surface area contributed by atoms with Crippen molar-refractivity contribution in [3.63, 3.8) is 0 Å². The monoisotopic (exact) mass is 354 g/mol. The Morgan fingerprint density at radius 2 is 1.92 bits per heavy atom. The number of likely N-dealkylation sites (tertiary alicyclic amines) is 1. The fraction of sp³-hybridized carbons (Fsp3) is 0.722. The zero-order valence-electron chi connectivity index (χ0n) is 16.1. The molecule has 0 aromatic carbocycles. The minimum absolute atomic E-state index is 0.224. The van der Waals surface area contributed by atoms with Crippen LogP contribution in [-0.4, -0.2) is 53.4 Å². The second-order valence-electron chi connectivity index (χ2n) is 7.60. The number of aliphatic hydroxyl groups is 1. The summed E-state index contributed by atoms with van der Waals surface area (Å²) in [6.45, 7) is 10.9. The predicted octanol–water partition coefficient (Wildman–Crippen LogP) is 0.796. The maximum absolute atomic E-state index is 12.3. The third kappa shape index (κ3) is 7.79. The molecule has 1 heterocycles. The van der Waals surface area contributed by atoms with Gasteiger partial charge in [-0.05, 0) is 53.5 Å². The van der Waals surface area contributed by atoms with Crippen LogP contribution in [0.4, 0.5) is 0 Å². The summed E-state index contributed by atoms with van der Waals surface area (Å²) in [5.74, 6) is -0.0593.